The third-order valence-corrected chi connectivity index (χ3v) is 2.56. The van der Waals surface area contributed by atoms with Crippen LogP contribution in [0.5, 0.6) is 0 Å². The Morgan fingerprint density at radius 3 is 2.50 bits per heavy atom. The van der Waals surface area contributed by atoms with E-state index in [1.54, 1.807) is 0 Å². The Balaban J connectivity index is 2.26. The molecular weight excluding hydrogens is 160 g/mol. The van der Waals surface area contributed by atoms with Crippen LogP contribution >= 0.6 is 0 Å². The molecule has 0 spiro atoms. The lowest BCUT2D eigenvalue weighted by atomic mass is 10.1. The average molecular weight is 177 g/mol. The summed E-state index contributed by atoms with van der Waals surface area (Å²) in [6.07, 6.45) is -1.09. The summed E-state index contributed by atoms with van der Waals surface area (Å²) in [6, 6.07) is 0.507. The largest absolute Gasteiger partial charge is 0.301 e. The second-order valence-corrected chi connectivity index (χ2v) is 3.87. The molecule has 1 nitrogen and oxygen atoms in total. The van der Waals surface area contributed by atoms with Gasteiger partial charge in [-0.3, -0.25) is 0 Å². The van der Waals surface area contributed by atoms with Crippen LogP contribution in [-0.4, -0.2) is 30.5 Å². The second-order valence-electron chi connectivity index (χ2n) is 3.87. The topological polar surface area (TPSA) is 3.24 Å². The van der Waals surface area contributed by atoms with Gasteiger partial charge in [0.05, 0.1) is 0 Å². The number of alkyl halides is 2. The van der Waals surface area contributed by atoms with Crippen LogP contribution < -0.4 is 0 Å². The Bertz CT molecular complexity index is 136. The number of halogens is 2. The first-order chi connectivity index (χ1) is 5.59. The van der Waals surface area contributed by atoms with Crippen molar-refractivity contribution in [1.82, 2.24) is 4.90 Å². The van der Waals surface area contributed by atoms with E-state index in [0.717, 1.165) is 19.5 Å². The van der Waals surface area contributed by atoms with Crippen molar-refractivity contribution in [3.8, 4) is 0 Å². The lowest BCUT2D eigenvalue weighted by molar-refractivity contribution is 0.114. The van der Waals surface area contributed by atoms with Gasteiger partial charge >= 0.3 is 0 Å². The minimum atomic E-state index is -2.12. The van der Waals surface area contributed by atoms with E-state index < -0.39 is 6.43 Å². The highest BCUT2D eigenvalue weighted by Gasteiger charge is 2.26. The van der Waals surface area contributed by atoms with Crippen LogP contribution in [0.3, 0.4) is 0 Å². The molecule has 0 aromatic carbocycles. The van der Waals surface area contributed by atoms with Gasteiger partial charge in [0.15, 0.2) is 0 Å². The van der Waals surface area contributed by atoms with Crippen molar-refractivity contribution < 1.29 is 8.78 Å². The molecule has 0 aromatic heterocycles. The summed E-state index contributed by atoms with van der Waals surface area (Å²) in [5.74, 6) is 0.229. The quantitative estimate of drug-likeness (QED) is 0.639. The zero-order valence-corrected chi connectivity index (χ0v) is 7.76. The van der Waals surface area contributed by atoms with Crippen LogP contribution in [0.1, 0.15) is 26.7 Å². The molecule has 0 amide bonds. The Kier molecular flexibility index (Phi) is 3.44. The molecule has 3 heteroatoms. The summed E-state index contributed by atoms with van der Waals surface area (Å²) in [6.45, 7) is 6.09. The number of rotatable bonds is 3. The van der Waals surface area contributed by atoms with Crippen molar-refractivity contribution in [2.45, 2.75) is 39.2 Å². The first kappa shape index (κ1) is 9.90. The molecule has 1 aliphatic heterocycles. The van der Waals surface area contributed by atoms with Gasteiger partial charge < -0.3 is 4.90 Å². The molecule has 1 unspecified atom stereocenters. The summed E-state index contributed by atoms with van der Waals surface area (Å²) in [4.78, 5) is 2.27. The van der Waals surface area contributed by atoms with Gasteiger partial charge in [-0.15, -0.1) is 0 Å². The summed E-state index contributed by atoms with van der Waals surface area (Å²) in [7, 11) is 0. The van der Waals surface area contributed by atoms with Crippen LogP contribution in [0.4, 0.5) is 8.78 Å². The van der Waals surface area contributed by atoms with Crippen molar-refractivity contribution in [1.29, 1.82) is 0 Å². The highest BCUT2D eigenvalue weighted by atomic mass is 19.3. The molecule has 12 heavy (non-hydrogen) atoms. The van der Waals surface area contributed by atoms with Crippen molar-refractivity contribution >= 4 is 0 Å². The fourth-order valence-electron chi connectivity index (χ4n) is 1.78. The first-order valence-electron chi connectivity index (χ1n) is 4.61. The molecule has 0 radical (unpaired) electrons. The summed E-state index contributed by atoms with van der Waals surface area (Å²) < 4.78 is 24.0. The number of likely N-dealkylation sites (tertiary alicyclic amines) is 1. The second kappa shape index (κ2) is 4.17. The third kappa shape index (κ3) is 2.70. The SMILES string of the molecule is CC(C)N1CCC(CC(F)F)C1. The minimum absolute atomic E-state index is 0.0865. The number of hydrogen-bond acceptors (Lipinski definition) is 1. The van der Waals surface area contributed by atoms with Gasteiger partial charge in [0, 0.05) is 19.0 Å². The Morgan fingerprint density at radius 1 is 1.42 bits per heavy atom. The van der Waals surface area contributed by atoms with Gasteiger partial charge in [-0.25, -0.2) is 8.78 Å². The zero-order chi connectivity index (χ0) is 9.14. The molecule has 1 saturated heterocycles. The molecule has 72 valence electrons. The summed E-state index contributed by atoms with van der Waals surface area (Å²) >= 11 is 0. The van der Waals surface area contributed by atoms with E-state index in [-0.39, 0.29) is 12.3 Å². The molecule has 1 aliphatic rings. The standard InChI is InChI=1S/C9H17F2N/c1-7(2)12-4-3-8(6-12)5-9(10)11/h7-9H,3-6H2,1-2H3. The zero-order valence-electron chi connectivity index (χ0n) is 7.76. The van der Waals surface area contributed by atoms with Crippen LogP contribution in [0.2, 0.25) is 0 Å². The van der Waals surface area contributed by atoms with E-state index >= 15 is 0 Å². The predicted molar refractivity (Wildman–Crippen MR) is 45.4 cm³/mol. The van der Waals surface area contributed by atoms with Crippen molar-refractivity contribution in [3.63, 3.8) is 0 Å². The minimum Gasteiger partial charge on any atom is -0.301 e. The molecular formula is C9H17F2N. The highest BCUT2D eigenvalue weighted by molar-refractivity contribution is 4.77. The van der Waals surface area contributed by atoms with E-state index in [1.807, 2.05) is 0 Å². The Labute approximate surface area is 72.7 Å². The highest BCUT2D eigenvalue weighted by Crippen LogP contribution is 2.23. The molecule has 1 atom stereocenters. The maximum absolute atomic E-state index is 12.0. The van der Waals surface area contributed by atoms with Crippen LogP contribution in [0.25, 0.3) is 0 Å². The summed E-state index contributed by atoms with van der Waals surface area (Å²) in [5, 5.41) is 0. The normalized spacial score (nSPS) is 26.0. The molecule has 1 fully saturated rings. The molecule has 0 aliphatic carbocycles. The van der Waals surface area contributed by atoms with E-state index in [2.05, 4.69) is 18.7 Å². The van der Waals surface area contributed by atoms with Crippen molar-refractivity contribution in [3.05, 3.63) is 0 Å². The maximum atomic E-state index is 12.0. The van der Waals surface area contributed by atoms with E-state index in [4.69, 9.17) is 0 Å². The fraction of sp³-hybridized carbons (Fsp3) is 1.00. The van der Waals surface area contributed by atoms with Gasteiger partial charge in [0.2, 0.25) is 6.43 Å². The number of nitrogens with zero attached hydrogens (tertiary/aromatic N) is 1. The molecule has 1 heterocycles. The van der Waals surface area contributed by atoms with E-state index in [1.165, 1.54) is 0 Å². The monoisotopic (exact) mass is 177 g/mol. The smallest absolute Gasteiger partial charge is 0.238 e. The molecule has 0 N–H and O–H groups in total. The molecule has 1 rings (SSSR count). The van der Waals surface area contributed by atoms with Gasteiger partial charge in [-0.1, -0.05) is 0 Å². The lowest BCUT2D eigenvalue weighted by Crippen LogP contribution is -2.28. The van der Waals surface area contributed by atoms with Crippen LogP contribution in [-0.2, 0) is 0 Å². The Morgan fingerprint density at radius 2 is 2.08 bits per heavy atom. The van der Waals surface area contributed by atoms with Crippen LogP contribution in [0, 0.1) is 5.92 Å². The van der Waals surface area contributed by atoms with Crippen molar-refractivity contribution in [2.24, 2.45) is 5.92 Å². The fourth-order valence-corrected chi connectivity index (χ4v) is 1.78. The van der Waals surface area contributed by atoms with Gasteiger partial charge in [-0.2, -0.15) is 0 Å². The van der Waals surface area contributed by atoms with Gasteiger partial charge in [0.1, 0.15) is 0 Å². The average Bonchev–Trinajstić information content (AvgIpc) is 2.34. The number of hydrogen-bond donors (Lipinski definition) is 0. The molecule has 0 aromatic rings. The van der Waals surface area contributed by atoms with E-state index in [9.17, 15) is 8.78 Å². The van der Waals surface area contributed by atoms with Gasteiger partial charge in [0.25, 0.3) is 0 Å². The van der Waals surface area contributed by atoms with Gasteiger partial charge in [-0.05, 0) is 32.7 Å². The maximum Gasteiger partial charge on any atom is 0.238 e. The molecule has 0 bridgehead atoms. The van der Waals surface area contributed by atoms with E-state index in [0.29, 0.717) is 6.04 Å². The predicted octanol–water partition coefficient (Wildman–Crippen LogP) is 2.37. The van der Waals surface area contributed by atoms with Crippen LogP contribution in [0.15, 0.2) is 0 Å². The lowest BCUT2D eigenvalue weighted by Gasteiger charge is -2.20. The van der Waals surface area contributed by atoms with Crippen molar-refractivity contribution in [2.75, 3.05) is 13.1 Å². The Hall–Kier alpha value is -0.180. The molecule has 0 saturated carbocycles. The first-order valence-corrected chi connectivity index (χ1v) is 4.61. The third-order valence-electron chi connectivity index (χ3n) is 2.56. The summed E-state index contributed by atoms with van der Waals surface area (Å²) in [5.41, 5.74) is 0.